The molecule has 0 unspecified atom stereocenters. The van der Waals surface area contributed by atoms with Gasteiger partial charge in [-0.1, -0.05) is 152 Å². The van der Waals surface area contributed by atoms with Crippen LogP contribution in [0.1, 0.15) is 44.5 Å². The largest absolute Gasteiger partial charge is 0.310 e. The average molecular weight is 678 g/mol. The van der Waals surface area contributed by atoms with E-state index in [0.29, 0.717) is 0 Å². The number of thiophene rings is 1. The summed E-state index contributed by atoms with van der Waals surface area (Å²) in [6, 6.07) is 70.9. The molecule has 9 aromatic rings. The molecule has 2 heteroatoms. The third-order valence-electron chi connectivity index (χ3n) is 12.1. The zero-order chi connectivity index (χ0) is 34.0. The van der Waals surface area contributed by atoms with Crippen molar-refractivity contribution in [1.29, 1.82) is 0 Å². The molecule has 1 spiro atoms. The van der Waals surface area contributed by atoms with Crippen LogP contribution >= 0.6 is 11.3 Å². The molecule has 0 saturated carbocycles. The maximum absolute atomic E-state index is 2.56. The summed E-state index contributed by atoms with van der Waals surface area (Å²) in [5.74, 6) is 0. The van der Waals surface area contributed by atoms with Gasteiger partial charge in [0.25, 0.3) is 0 Å². The van der Waals surface area contributed by atoms with Crippen molar-refractivity contribution in [1.82, 2.24) is 0 Å². The summed E-state index contributed by atoms with van der Waals surface area (Å²) in [4.78, 5) is 2.56. The van der Waals surface area contributed by atoms with Crippen molar-refractivity contribution in [2.75, 3.05) is 4.90 Å². The van der Waals surface area contributed by atoms with Gasteiger partial charge in [-0.15, -0.1) is 11.3 Å². The summed E-state index contributed by atoms with van der Waals surface area (Å²) >= 11 is 1.88. The minimum Gasteiger partial charge on any atom is -0.310 e. The van der Waals surface area contributed by atoms with Gasteiger partial charge in [-0.2, -0.15) is 0 Å². The Kier molecular flexibility index (Phi) is 5.58. The predicted octanol–water partition coefficient (Wildman–Crippen LogP) is 12.9. The van der Waals surface area contributed by atoms with Crippen molar-refractivity contribution < 1.29 is 0 Å². The summed E-state index contributed by atoms with van der Waals surface area (Å²) in [6.07, 6.45) is 0. The monoisotopic (exact) mass is 677 g/mol. The first-order valence-corrected chi connectivity index (χ1v) is 18.9. The Morgan fingerprint density at radius 1 is 0.365 bits per heavy atom. The Bertz CT molecular complexity index is 2870. The lowest BCUT2D eigenvalue weighted by Crippen LogP contribution is -2.53. The highest BCUT2D eigenvalue weighted by Gasteiger charge is 2.63. The lowest BCUT2D eigenvalue weighted by molar-refractivity contribution is 0.553. The Balaban J connectivity index is 1.25. The molecule has 1 nitrogen and oxygen atoms in total. The van der Waals surface area contributed by atoms with Gasteiger partial charge in [-0.3, -0.25) is 0 Å². The molecule has 3 aliphatic carbocycles. The van der Waals surface area contributed by atoms with Crippen LogP contribution in [-0.2, 0) is 10.8 Å². The highest BCUT2D eigenvalue weighted by molar-refractivity contribution is 7.25. The van der Waals surface area contributed by atoms with E-state index in [1.807, 2.05) is 11.3 Å². The van der Waals surface area contributed by atoms with E-state index in [1.165, 1.54) is 92.9 Å². The molecule has 0 amide bonds. The molecule has 52 heavy (non-hydrogen) atoms. The normalized spacial score (nSPS) is 18.9. The second-order valence-corrected chi connectivity index (χ2v) is 15.5. The van der Waals surface area contributed by atoms with Crippen LogP contribution in [0.25, 0.3) is 31.3 Å². The van der Waals surface area contributed by atoms with Gasteiger partial charge in [0.15, 0.2) is 0 Å². The van der Waals surface area contributed by atoms with Crippen molar-refractivity contribution in [2.24, 2.45) is 0 Å². The van der Waals surface area contributed by atoms with Crippen LogP contribution in [-0.4, -0.2) is 0 Å². The standard InChI is InChI=1S/C50H31NS/c1-3-14-32(15-4-1)33-26-29-44-43(30-33)50-40-21-10-8-19-38(40)49(34-16-5-2-6-17-34,39-20-9-11-22-41(39)50)42-23-13-24-45(48(42)50)51(44)35-27-28-37-36-18-7-12-25-46(36)52-47(37)31-35/h1-31H. The molecular weight excluding hydrogens is 647 g/mol. The summed E-state index contributed by atoms with van der Waals surface area (Å²) in [6.45, 7) is 0. The molecule has 0 atom stereocenters. The highest BCUT2D eigenvalue weighted by atomic mass is 32.1. The number of anilines is 3. The summed E-state index contributed by atoms with van der Waals surface area (Å²) < 4.78 is 2.64. The topological polar surface area (TPSA) is 3.24 Å². The van der Waals surface area contributed by atoms with Gasteiger partial charge in [-0.05, 0) is 86.5 Å². The fraction of sp³-hybridized carbons (Fsp3) is 0.0400. The van der Waals surface area contributed by atoms with E-state index in [4.69, 9.17) is 0 Å². The van der Waals surface area contributed by atoms with E-state index in [9.17, 15) is 0 Å². The minimum atomic E-state index is -0.506. The predicted molar refractivity (Wildman–Crippen MR) is 217 cm³/mol. The van der Waals surface area contributed by atoms with E-state index in [0.717, 1.165) is 0 Å². The smallest absolute Gasteiger partial charge is 0.0752 e. The molecule has 1 aromatic heterocycles. The van der Waals surface area contributed by atoms with Gasteiger partial charge >= 0.3 is 0 Å². The molecule has 8 aromatic carbocycles. The van der Waals surface area contributed by atoms with Gasteiger partial charge in [0.05, 0.1) is 22.2 Å². The number of nitrogens with zero attached hydrogens (tertiary/aromatic N) is 1. The molecule has 242 valence electrons. The van der Waals surface area contributed by atoms with Gasteiger partial charge in [-0.25, -0.2) is 0 Å². The van der Waals surface area contributed by atoms with E-state index < -0.39 is 10.8 Å². The molecule has 1 aliphatic heterocycles. The maximum Gasteiger partial charge on any atom is 0.0752 e. The lowest BCUT2D eigenvalue weighted by atomic mass is 9.43. The molecule has 13 rings (SSSR count). The van der Waals surface area contributed by atoms with Crippen molar-refractivity contribution in [2.45, 2.75) is 10.8 Å². The molecular formula is C50H31NS. The van der Waals surface area contributed by atoms with Crippen LogP contribution in [0.3, 0.4) is 0 Å². The second kappa shape index (κ2) is 10.2. The number of rotatable bonds is 3. The van der Waals surface area contributed by atoms with Crippen LogP contribution in [0.2, 0.25) is 0 Å². The van der Waals surface area contributed by atoms with Crippen molar-refractivity contribution in [3.63, 3.8) is 0 Å². The third-order valence-corrected chi connectivity index (χ3v) is 13.2. The van der Waals surface area contributed by atoms with E-state index in [1.54, 1.807) is 0 Å². The summed E-state index contributed by atoms with van der Waals surface area (Å²) in [7, 11) is 0. The first kappa shape index (κ1) is 28.5. The Labute approximate surface area is 306 Å². The molecule has 0 N–H and O–H groups in total. The SMILES string of the molecule is c1ccc(-c2ccc3c(c2)C24c5ccccc5C(c5ccccc5)(c5ccccc52)c2cccc(c24)N3c2ccc3c(c2)sc2ccccc23)cc1. The zero-order valence-electron chi connectivity index (χ0n) is 28.3. The Morgan fingerprint density at radius 2 is 0.981 bits per heavy atom. The quantitative estimate of drug-likeness (QED) is 0.180. The molecule has 0 fully saturated rings. The second-order valence-electron chi connectivity index (χ2n) is 14.4. The Hall–Kier alpha value is -6.22. The summed E-state index contributed by atoms with van der Waals surface area (Å²) in [5, 5.41) is 2.64. The van der Waals surface area contributed by atoms with Crippen LogP contribution in [0, 0.1) is 0 Å². The van der Waals surface area contributed by atoms with E-state index in [2.05, 4.69) is 193 Å². The van der Waals surface area contributed by atoms with Gasteiger partial charge in [0.1, 0.15) is 0 Å². The van der Waals surface area contributed by atoms with Gasteiger partial charge in [0.2, 0.25) is 0 Å². The summed E-state index contributed by atoms with van der Waals surface area (Å²) in [5.41, 5.74) is 16.1. The van der Waals surface area contributed by atoms with E-state index >= 15 is 0 Å². The number of benzene rings is 8. The maximum atomic E-state index is 2.56. The van der Waals surface area contributed by atoms with Crippen LogP contribution in [0.5, 0.6) is 0 Å². The number of hydrogen-bond donors (Lipinski definition) is 0. The average Bonchev–Trinajstić information content (AvgIpc) is 3.60. The van der Waals surface area contributed by atoms with Crippen molar-refractivity contribution in [3.8, 4) is 11.1 Å². The van der Waals surface area contributed by atoms with Crippen molar-refractivity contribution >= 4 is 48.6 Å². The van der Waals surface area contributed by atoms with E-state index in [-0.39, 0.29) is 0 Å². The first-order valence-electron chi connectivity index (χ1n) is 18.1. The first-order chi connectivity index (χ1) is 25.8. The zero-order valence-corrected chi connectivity index (χ0v) is 29.1. The highest BCUT2D eigenvalue weighted by Crippen LogP contribution is 2.71. The molecule has 0 saturated heterocycles. The van der Waals surface area contributed by atoms with Crippen LogP contribution in [0.4, 0.5) is 17.1 Å². The Morgan fingerprint density at radius 3 is 1.73 bits per heavy atom. The fourth-order valence-corrected chi connectivity index (χ4v) is 11.4. The molecule has 0 radical (unpaired) electrons. The van der Waals surface area contributed by atoms with Crippen LogP contribution in [0.15, 0.2) is 188 Å². The number of hydrogen-bond acceptors (Lipinski definition) is 2. The van der Waals surface area contributed by atoms with Crippen molar-refractivity contribution in [3.05, 3.63) is 233 Å². The molecule has 2 heterocycles. The van der Waals surface area contributed by atoms with Gasteiger partial charge in [0, 0.05) is 31.4 Å². The van der Waals surface area contributed by atoms with Crippen LogP contribution < -0.4 is 4.90 Å². The third kappa shape index (κ3) is 3.34. The molecule has 2 bridgehead atoms. The molecule has 4 aliphatic rings. The number of fused-ring (bicyclic) bond motifs is 4. The fourth-order valence-electron chi connectivity index (χ4n) is 10.2. The lowest BCUT2D eigenvalue weighted by Gasteiger charge is -2.60. The van der Waals surface area contributed by atoms with Gasteiger partial charge < -0.3 is 4.90 Å². The minimum absolute atomic E-state index is 0.461.